The molecule has 0 aliphatic rings. The summed E-state index contributed by atoms with van der Waals surface area (Å²) in [5, 5.41) is 9.15. The molecular formula is C18H32FN3O5. The summed E-state index contributed by atoms with van der Waals surface area (Å²) < 4.78 is 25.9. The predicted molar refractivity (Wildman–Crippen MR) is 101 cm³/mol. The lowest BCUT2D eigenvalue weighted by atomic mass is 10.1. The molecule has 2 N–H and O–H groups in total. The summed E-state index contributed by atoms with van der Waals surface area (Å²) in [5.74, 6) is -0.932. The van der Waals surface area contributed by atoms with Crippen molar-refractivity contribution in [3.63, 3.8) is 0 Å². The number of hydrogen-bond donors (Lipinski definition) is 2. The minimum absolute atomic E-state index is 0.225. The van der Waals surface area contributed by atoms with Gasteiger partial charge in [0.1, 0.15) is 6.23 Å². The van der Waals surface area contributed by atoms with E-state index in [1.54, 1.807) is 0 Å². The van der Waals surface area contributed by atoms with Gasteiger partial charge in [-0.15, -0.1) is 0 Å². The van der Waals surface area contributed by atoms with Crippen molar-refractivity contribution in [1.29, 1.82) is 0 Å². The van der Waals surface area contributed by atoms with Crippen LogP contribution in [0.5, 0.6) is 0 Å². The first kappa shape index (κ1) is 25.0. The third-order valence-electron chi connectivity index (χ3n) is 3.79. The van der Waals surface area contributed by atoms with Crippen LogP contribution in [0.3, 0.4) is 0 Å². The van der Waals surface area contributed by atoms with Crippen molar-refractivity contribution in [2.75, 3.05) is 25.6 Å². The van der Waals surface area contributed by atoms with Crippen LogP contribution in [-0.4, -0.2) is 41.1 Å². The third-order valence-corrected chi connectivity index (χ3v) is 3.79. The minimum atomic E-state index is -0.836. The average Bonchev–Trinajstić information content (AvgIpc) is 2.67. The Kier molecular flexibility index (Phi) is 13.1. The maximum absolute atomic E-state index is 14.2. The van der Waals surface area contributed by atoms with Crippen molar-refractivity contribution in [3.05, 3.63) is 22.5 Å². The van der Waals surface area contributed by atoms with Gasteiger partial charge in [-0.2, -0.15) is 4.98 Å². The topological polar surface area (TPSA) is 103 Å². The van der Waals surface area contributed by atoms with Gasteiger partial charge in [-0.05, 0) is 18.8 Å². The molecule has 0 aromatic carbocycles. The lowest BCUT2D eigenvalue weighted by Gasteiger charge is -2.21. The van der Waals surface area contributed by atoms with E-state index in [0.29, 0.717) is 25.4 Å². The van der Waals surface area contributed by atoms with Crippen molar-refractivity contribution < 1.29 is 23.8 Å². The molecule has 156 valence electrons. The number of anilines is 1. The van der Waals surface area contributed by atoms with Gasteiger partial charge < -0.3 is 14.6 Å². The molecule has 0 aliphatic heterocycles. The molecule has 8 nitrogen and oxygen atoms in total. The van der Waals surface area contributed by atoms with E-state index in [2.05, 4.69) is 10.3 Å². The first-order chi connectivity index (χ1) is 12.9. The Morgan fingerprint density at radius 3 is 2.56 bits per heavy atom. The zero-order valence-corrected chi connectivity index (χ0v) is 16.8. The Morgan fingerprint density at radius 2 is 2.00 bits per heavy atom. The molecule has 1 unspecified atom stereocenters. The van der Waals surface area contributed by atoms with Gasteiger partial charge in [0.15, 0.2) is 11.6 Å². The number of ether oxygens (including phenoxy) is 2. The van der Waals surface area contributed by atoms with Crippen LogP contribution in [0.4, 0.5) is 15.0 Å². The largest absolute Gasteiger partial charge is 0.449 e. The standard InChI is InChI=1S/C17H28FN3O4.CH4O/c1-5-8-9-24-17(23)20-15-13(18)10-21(16(22)19-15)14(7-3)25-11-12(4)6-2;1-2/h10,12,14H,5-9,11H2,1-4H3,(H,19,20,22,23);2H,1H3/t12?,14-;/m0./s1. The third kappa shape index (κ3) is 8.96. The van der Waals surface area contributed by atoms with E-state index >= 15 is 0 Å². The maximum atomic E-state index is 14.2. The number of hydrogen-bond acceptors (Lipinski definition) is 6. The Bertz CT molecular complexity index is 609. The minimum Gasteiger partial charge on any atom is -0.449 e. The van der Waals surface area contributed by atoms with E-state index in [1.165, 1.54) is 0 Å². The van der Waals surface area contributed by atoms with Crippen LogP contribution in [0.25, 0.3) is 0 Å². The summed E-state index contributed by atoms with van der Waals surface area (Å²) in [6, 6.07) is 0. The number of aliphatic hydroxyl groups is 1. The number of rotatable bonds is 10. The van der Waals surface area contributed by atoms with Gasteiger partial charge in [0.25, 0.3) is 0 Å². The first-order valence-electron chi connectivity index (χ1n) is 9.21. The SMILES string of the molecule is CCCCOC(=O)Nc1nc(=O)n([C@H](CC)OCC(C)CC)cc1F.CO. The van der Waals surface area contributed by atoms with E-state index in [1.807, 2.05) is 27.7 Å². The molecule has 0 saturated carbocycles. The van der Waals surface area contributed by atoms with Gasteiger partial charge in [-0.1, -0.05) is 40.5 Å². The van der Waals surface area contributed by atoms with Crippen molar-refractivity contribution in [2.45, 2.75) is 59.6 Å². The highest BCUT2D eigenvalue weighted by atomic mass is 19.1. The first-order valence-corrected chi connectivity index (χ1v) is 9.21. The van der Waals surface area contributed by atoms with Gasteiger partial charge >= 0.3 is 11.8 Å². The Labute approximate surface area is 159 Å². The maximum Gasteiger partial charge on any atom is 0.412 e. The number of amides is 1. The normalized spacial score (nSPS) is 12.6. The lowest BCUT2D eigenvalue weighted by Crippen LogP contribution is -2.31. The molecule has 1 heterocycles. The fraction of sp³-hybridized carbons (Fsp3) is 0.722. The van der Waals surface area contributed by atoms with Crippen LogP contribution >= 0.6 is 0 Å². The van der Waals surface area contributed by atoms with E-state index < -0.39 is 29.6 Å². The monoisotopic (exact) mass is 389 g/mol. The van der Waals surface area contributed by atoms with E-state index in [9.17, 15) is 14.0 Å². The molecule has 0 bridgehead atoms. The number of nitrogens with one attached hydrogen (secondary N) is 1. The van der Waals surface area contributed by atoms with Crippen molar-refractivity contribution in [1.82, 2.24) is 9.55 Å². The molecule has 0 radical (unpaired) electrons. The highest BCUT2D eigenvalue weighted by molar-refractivity contribution is 5.83. The fourth-order valence-corrected chi connectivity index (χ4v) is 1.97. The van der Waals surface area contributed by atoms with E-state index in [4.69, 9.17) is 14.6 Å². The van der Waals surface area contributed by atoms with E-state index in [0.717, 1.165) is 30.7 Å². The number of halogens is 1. The molecule has 9 heteroatoms. The fourth-order valence-electron chi connectivity index (χ4n) is 1.97. The number of aromatic nitrogens is 2. The molecule has 27 heavy (non-hydrogen) atoms. The number of carbonyl (C=O) groups is 1. The average molecular weight is 389 g/mol. The summed E-state index contributed by atoms with van der Waals surface area (Å²) in [7, 11) is 1.00. The lowest BCUT2D eigenvalue weighted by molar-refractivity contribution is -0.0203. The molecule has 1 amide bonds. The smallest absolute Gasteiger partial charge is 0.412 e. The van der Waals surface area contributed by atoms with Crippen LogP contribution in [0.2, 0.25) is 0 Å². The van der Waals surface area contributed by atoms with Crippen LogP contribution in [-0.2, 0) is 9.47 Å². The summed E-state index contributed by atoms with van der Waals surface area (Å²) in [6.07, 6.45) is 2.57. The van der Waals surface area contributed by atoms with Gasteiger partial charge in [-0.3, -0.25) is 9.88 Å². The van der Waals surface area contributed by atoms with Gasteiger partial charge in [-0.25, -0.2) is 14.0 Å². The molecule has 1 aromatic heterocycles. The van der Waals surface area contributed by atoms with Crippen molar-refractivity contribution in [2.24, 2.45) is 5.92 Å². The van der Waals surface area contributed by atoms with Gasteiger partial charge in [0, 0.05) is 7.11 Å². The summed E-state index contributed by atoms with van der Waals surface area (Å²) in [6.45, 7) is 8.56. The van der Waals surface area contributed by atoms with Crippen molar-refractivity contribution in [3.8, 4) is 0 Å². The molecule has 0 saturated heterocycles. The quantitative estimate of drug-likeness (QED) is 0.595. The highest BCUT2D eigenvalue weighted by Gasteiger charge is 2.18. The second-order valence-electron chi connectivity index (χ2n) is 5.95. The zero-order chi connectivity index (χ0) is 20.8. The number of unbranched alkanes of at least 4 members (excludes halogenated alkanes) is 1. The molecule has 2 atom stereocenters. The summed E-state index contributed by atoms with van der Waals surface area (Å²) in [5.41, 5.74) is -0.693. The van der Waals surface area contributed by atoms with Gasteiger partial charge in [0.05, 0.1) is 19.4 Å². The Morgan fingerprint density at radius 1 is 1.33 bits per heavy atom. The highest BCUT2D eigenvalue weighted by Crippen LogP contribution is 2.16. The zero-order valence-electron chi connectivity index (χ0n) is 16.8. The Balaban J connectivity index is 0.00000326. The molecule has 1 rings (SSSR count). The number of nitrogens with zero attached hydrogens (tertiary/aromatic N) is 2. The second kappa shape index (κ2) is 14.1. The Hall–Kier alpha value is -2.00. The van der Waals surface area contributed by atoms with E-state index in [-0.39, 0.29) is 6.61 Å². The molecular weight excluding hydrogens is 357 g/mol. The van der Waals surface area contributed by atoms with Crippen LogP contribution < -0.4 is 11.0 Å². The molecule has 0 fully saturated rings. The predicted octanol–water partition coefficient (Wildman–Crippen LogP) is 3.31. The summed E-state index contributed by atoms with van der Waals surface area (Å²) in [4.78, 5) is 27.3. The molecule has 0 spiro atoms. The number of carbonyl (C=O) groups excluding carboxylic acids is 1. The van der Waals surface area contributed by atoms with Crippen LogP contribution in [0.1, 0.15) is 59.6 Å². The van der Waals surface area contributed by atoms with Crippen molar-refractivity contribution >= 4 is 11.9 Å². The number of aliphatic hydroxyl groups excluding tert-OH is 1. The second-order valence-corrected chi connectivity index (χ2v) is 5.95. The van der Waals surface area contributed by atoms with Crippen LogP contribution in [0, 0.1) is 11.7 Å². The van der Waals surface area contributed by atoms with Crippen LogP contribution in [0.15, 0.2) is 11.0 Å². The molecule has 0 aliphatic carbocycles. The van der Waals surface area contributed by atoms with Gasteiger partial charge in [0.2, 0.25) is 0 Å². The summed E-state index contributed by atoms with van der Waals surface area (Å²) >= 11 is 0. The molecule has 1 aromatic rings.